The molecule has 0 unspecified atom stereocenters. The molecule has 0 aliphatic heterocycles. The van der Waals surface area contributed by atoms with Crippen LogP contribution in [0.5, 0.6) is 5.75 Å². The zero-order valence-corrected chi connectivity index (χ0v) is 8.41. The van der Waals surface area contributed by atoms with E-state index in [9.17, 15) is 5.11 Å². The van der Waals surface area contributed by atoms with Crippen LogP contribution in [0.2, 0.25) is 0 Å². The zero-order valence-electron chi connectivity index (χ0n) is 8.41. The molecule has 0 amide bonds. The number of phenols is 1. The highest BCUT2D eigenvalue weighted by molar-refractivity contribution is 6.09. The molecule has 2 aromatic carbocycles. The van der Waals surface area contributed by atoms with Crippen molar-refractivity contribution in [3.8, 4) is 5.75 Å². The standard InChI is InChI=1S/C13H11NO/c1-8-5-6-11-10(7-8)9-3-2-4-12(15)13(9)14-11/h2-7,14-15H,1H3. The van der Waals surface area contributed by atoms with E-state index in [-0.39, 0.29) is 0 Å². The van der Waals surface area contributed by atoms with Crippen LogP contribution in [0.4, 0.5) is 0 Å². The average Bonchev–Trinajstić information content (AvgIpc) is 2.58. The molecule has 2 N–H and O–H groups in total. The van der Waals surface area contributed by atoms with Gasteiger partial charge >= 0.3 is 0 Å². The topological polar surface area (TPSA) is 36.0 Å². The summed E-state index contributed by atoms with van der Waals surface area (Å²) >= 11 is 0. The van der Waals surface area contributed by atoms with Gasteiger partial charge in [0, 0.05) is 16.3 Å². The first-order valence-electron chi connectivity index (χ1n) is 4.96. The molecule has 1 aromatic heterocycles. The monoisotopic (exact) mass is 197 g/mol. The fraction of sp³-hybridized carbons (Fsp3) is 0.0769. The van der Waals surface area contributed by atoms with Crippen LogP contribution >= 0.6 is 0 Å². The second-order valence-electron chi connectivity index (χ2n) is 3.87. The molecule has 2 heteroatoms. The van der Waals surface area contributed by atoms with Gasteiger partial charge < -0.3 is 10.1 Å². The highest BCUT2D eigenvalue weighted by Crippen LogP contribution is 2.31. The lowest BCUT2D eigenvalue weighted by Gasteiger charge is -1.94. The van der Waals surface area contributed by atoms with Crippen molar-refractivity contribution in [2.75, 3.05) is 0 Å². The van der Waals surface area contributed by atoms with Crippen molar-refractivity contribution in [3.63, 3.8) is 0 Å². The van der Waals surface area contributed by atoms with E-state index in [0.717, 1.165) is 16.4 Å². The lowest BCUT2D eigenvalue weighted by molar-refractivity contribution is 0.480. The van der Waals surface area contributed by atoms with Gasteiger partial charge in [-0.05, 0) is 25.1 Å². The third-order valence-electron chi connectivity index (χ3n) is 2.77. The van der Waals surface area contributed by atoms with Crippen molar-refractivity contribution in [1.29, 1.82) is 0 Å². The number of rotatable bonds is 0. The summed E-state index contributed by atoms with van der Waals surface area (Å²) in [6.45, 7) is 2.07. The van der Waals surface area contributed by atoms with E-state index >= 15 is 0 Å². The Labute approximate surface area is 87.2 Å². The van der Waals surface area contributed by atoms with Crippen molar-refractivity contribution in [1.82, 2.24) is 4.98 Å². The van der Waals surface area contributed by atoms with Gasteiger partial charge in [0.1, 0.15) is 5.75 Å². The molecule has 0 atom stereocenters. The minimum atomic E-state index is 0.307. The Morgan fingerprint density at radius 1 is 1.07 bits per heavy atom. The molecule has 2 nitrogen and oxygen atoms in total. The summed E-state index contributed by atoms with van der Waals surface area (Å²) in [4.78, 5) is 3.22. The summed E-state index contributed by atoms with van der Waals surface area (Å²) in [7, 11) is 0. The Kier molecular flexibility index (Phi) is 1.54. The molecule has 0 fully saturated rings. The Morgan fingerprint density at radius 3 is 2.80 bits per heavy atom. The number of H-pyrrole nitrogens is 1. The summed E-state index contributed by atoms with van der Waals surface area (Å²) in [5.41, 5.74) is 3.11. The van der Waals surface area contributed by atoms with E-state index in [1.807, 2.05) is 18.2 Å². The van der Waals surface area contributed by atoms with Crippen LogP contribution in [0.3, 0.4) is 0 Å². The van der Waals surface area contributed by atoms with Gasteiger partial charge in [-0.1, -0.05) is 23.8 Å². The van der Waals surface area contributed by atoms with Gasteiger partial charge in [0.2, 0.25) is 0 Å². The summed E-state index contributed by atoms with van der Waals surface area (Å²) < 4.78 is 0. The Hall–Kier alpha value is -1.96. The molecule has 3 rings (SSSR count). The molecule has 0 saturated heterocycles. The largest absolute Gasteiger partial charge is 0.506 e. The van der Waals surface area contributed by atoms with E-state index in [1.54, 1.807) is 6.07 Å². The maximum atomic E-state index is 9.71. The number of para-hydroxylation sites is 1. The predicted molar refractivity (Wildman–Crippen MR) is 62.2 cm³/mol. The fourth-order valence-corrected chi connectivity index (χ4v) is 2.02. The normalized spacial score (nSPS) is 11.3. The quantitative estimate of drug-likeness (QED) is 0.569. The number of aryl methyl sites for hydroxylation is 1. The summed E-state index contributed by atoms with van der Waals surface area (Å²) in [5.74, 6) is 0.307. The summed E-state index contributed by atoms with van der Waals surface area (Å²) in [6.07, 6.45) is 0. The Balaban J connectivity index is 2.58. The lowest BCUT2D eigenvalue weighted by Crippen LogP contribution is -1.70. The first-order chi connectivity index (χ1) is 7.25. The molecule has 0 radical (unpaired) electrons. The second-order valence-corrected chi connectivity index (χ2v) is 3.87. The third kappa shape index (κ3) is 1.11. The van der Waals surface area contributed by atoms with Crippen LogP contribution in [0, 0.1) is 6.92 Å². The number of phenolic OH excluding ortho intramolecular Hbond substituents is 1. The van der Waals surface area contributed by atoms with Gasteiger partial charge in [-0.3, -0.25) is 0 Å². The molecule has 0 bridgehead atoms. The van der Waals surface area contributed by atoms with E-state index < -0.39 is 0 Å². The smallest absolute Gasteiger partial charge is 0.139 e. The molecule has 3 aromatic rings. The van der Waals surface area contributed by atoms with Gasteiger partial charge in [0.05, 0.1) is 5.52 Å². The molecule has 74 valence electrons. The van der Waals surface area contributed by atoms with Crippen LogP contribution in [0.15, 0.2) is 36.4 Å². The molecule has 0 aliphatic carbocycles. The number of aromatic hydroxyl groups is 1. The number of aromatic amines is 1. The first kappa shape index (κ1) is 8.36. The van der Waals surface area contributed by atoms with Crippen molar-refractivity contribution in [2.24, 2.45) is 0 Å². The minimum absolute atomic E-state index is 0.307. The van der Waals surface area contributed by atoms with E-state index in [1.165, 1.54) is 10.9 Å². The van der Waals surface area contributed by atoms with E-state index in [0.29, 0.717) is 5.75 Å². The Morgan fingerprint density at radius 2 is 1.93 bits per heavy atom. The summed E-state index contributed by atoms with van der Waals surface area (Å²) in [6, 6.07) is 11.8. The van der Waals surface area contributed by atoms with Crippen molar-refractivity contribution in [2.45, 2.75) is 6.92 Å². The molecule has 15 heavy (non-hydrogen) atoms. The van der Waals surface area contributed by atoms with Gasteiger partial charge in [0.15, 0.2) is 0 Å². The first-order valence-corrected chi connectivity index (χ1v) is 4.96. The predicted octanol–water partition coefficient (Wildman–Crippen LogP) is 3.34. The number of hydrogen-bond donors (Lipinski definition) is 2. The average molecular weight is 197 g/mol. The van der Waals surface area contributed by atoms with Crippen LogP contribution < -0.4 is 0 Å². The van der Waals surface area contributed by atoms with Crippen molar-refractivity contribution in [3.05, 3.63) is 42.0 Å². The van der Waals surface area contributed by atoms with E-state index in [4.69, 9.17) is 0 Å². The van der Waals surface area contributed by atoms with Crippen molar-refractivity contribution < 1.29 is 5.11 Å². The van der Waals surface area contributed by atoms with Crippen LogP contribution in [-0.4, -0.2) is 10.1 Å². The second kappa shape index (κ2) is 2.76. The van der Waals surface area contributed by atoms with Crippen LogP contribution in [0.1, 0.15) is 5.56 Å². The maximum absolute atomic E-state index is 9.71. The Bertz CT molecular complexity index is 652. The minimum Gasteiger partial charge on any atom is -0.506 e. The van der Waals surface area contributed by atoms with Gasteiger partial charge in [-0.2, -0.15) is 0 Å². The fourth-order valence-electron chi connectivity index (χ4n) is 2.02. The number of benzene rings is 2. The van der Waals surface area contributed by atoms with Gasteiger partial charge in [-0.25, -0.2) is 0 Å². The highest BCUT2D eigenvalue weighted by atomic mass is 16.3. The SMILES string of the molecule is Cc1ccc2[nH]c3c(O)cccc3c2c1. The summed E-state index contributed by atoms with van der Waals surface area (Å²) in [5, 5.41) is 12.0. The van der Waals surface area contributed by atoms with Gasteiger partial charge in [-0.15, -0.1) is 0 Å². The number of aromatic nitrogens is 1. The molecular weight excluding hydrogens is 186 g/mol. The highest BCUT2D eigenvalue weighted by Gasteiger charge is 2.06. The molecule has 0 spiro atoms. The van der Waals surface area contributed by atoms with Gasteiger partial charge in [0.25, 0.3) is 0 Å². The lowest BCUT2D eigenvalue weighted by atomic mass is 10.1. The molecule has 0 saturated carbocycles. The number of nitrogens with one attached hydrogen (secondary N) is 1. The zero-order chi connectivity index (χ0) is 10.4. The third-order valence-corrected chi connectivity index (χ3v) is 2.77. The van der Waals surface area contributed by atoms with Crippen molar-refractivity contribution >= 4 is 21.8 Å². The van der Waals surface area contributed by atoms with Crippen LogP contribution in [-0.2, 0) is 0 Å². The van der Waals surface area contributed by atoms with E-state index in [2.05, 4.69) is 24.0 Å². The van der Waals surface area contributed by atoms with Crippen LogP contribution in [0.25, 0.3) is 21.8 Å². The number of hydrogen-bond acceptors (Lipinski definition) is 1. The maximum Gasteiger partial charge on any atom is 0.139 e. The number of fused-ring (bicyclic) bond motifs is 3. The molecular formula is C13H11NO. The molecule has 1 heterocycles. The molecule has 0 aliphatic rings.